The maximum absolute atomic E-state index is 12.4. The van der Waals surface area contributed by atoms with Crippen LogP contribution in [0.2, 0.25) is 0 Å². The molecule has 104 valence electrons. The summed E-state index contributed by atoms with van der Waals surface area (Å²) in [5.74, 6) is -0.645. The van der Waals surface area contributed by atoms with Gasteiger partial charge in [0, 0.05) is 12.6 Å². The molecule has 1 atom stereocenters. The van der Waals surface area contributed by atoms with E-state index in [1.807, 2.05) is 0 Å². The average molecular weight is 275 g/mol. The molecule has 1 saturated heterocycles. The van der Waals surface area contributed by atoms with Gasteiger partial charge in [0.2, 0.25) is 0 Å². The molecule has 5 nitrogen and oxygen atoms in total. The highest BCUT2D eigenvalue weighted by Gasteiger charge is 2.34. The van der Waals surface area contributed by atoms with Crippen LogP contribution in [0.4, 0.5) is 19.0 Å². The van der Waals surface area contributed by atoms with E-state index in [4.69, 9.17) is 5.11 Å². The van der Waals surface area contributed by atoms with Gasteiger partial charge in [-0.3, -0.25) is 4.79 Å². The molecule has 1 aliphatic heterocycles. The summed E-state index contributed by atoms with van der Waals surface area (Å²) in [6, 6.07) is 1.86. The topological polar surface area (TPSA) is 66.3 Å². The van der Waals surface area contributed by atoms with Gasteiger partial charge in [-0.1, -0.05) is 0 Å². The van der Waals surface area contributed by atoms with Gasteiger partial charge in [-0.2, -0.15) is 13.2 Å². The van der Waals surface area contributed by atoms with Crippen molar-refractivity contribution in [3.05, 3.63) is 17.8 Å². The van der Waals surface area contributed by atoms with Crippen LogP contribution in [0.5, 0.6) is 0 Å². The van der Waals surface area contributed by atoms with Crippen molar-refractivity contribution in [1.29, 1.82) is 0 Å². The Morgan fingerprint density at radius 1 is 1.42 bits per heavy atom. The highest BCUT2D eigenvalue weighted by atomic mass is 19.4. The zero-order valence-electron chi connectivity index (χ0n) is 9.89. The number of rotatable bonds is 3. The lowest BCUT2D eigenvalue weighted by Crippen LogP contribution is -2.32. The van der Waals surface area contributed by atoms with Gasteiger partial charge >= 0.3 is 12.1 Å². The number of aromatic nitrogens is 2. The van der Waals surface area contributed by atoms with Crippen LogP contribution in [0, 0.1) is 0 Å². The molecule has 2 rings (SSSR count). The second-order valence-electron chi connectivity index (χ2n) is 4.36. The molecule has 1 aliphatic rings. The van der Waals surface area contributed by atoms with E-state index >= 15 is 0 Å². The van der Waals surface area contributed by atoms with Gasteiger partial charge in [0.1, 0.15) is 0 Å². The second-order valence-corrected chi connectivity index (χ2v) is 4.36. The number of hydrogen-bond acceptors (Lipinski definition) is 4. The number of nitrogens with zero attached hydrogens (tertiary/aromatic N) is 3. The van der Waals surface area contributed by atoms with E-state index in [0.29, 0.717) is 13.0 Å². The summed E-state index contributed by atoms with van der Waals surface area (Å²) in [5.41, 5.74) is -1.05. The van der Waals surface area contributed by atoms with Crippen LogP contribution in [0.15, 0.2) is 12.1 Å². The van der Waals surface area contributed by atoms with E-state index in [2.05, 4.69) is 10.2 Å². The average Bonchev–Trinajstić information content (AvgIpc) is 2.75. The lowest BCUT2D eigenvalue weighted by molar-refractivity contribution is -0.141. The molecule has 0 aliphatic carbocycles. The number of aliphatic carboxylic acids is 1. The first-order valence-corrected chi connectivity index (χ1v) is 5.77. The molecule has 1 aromatic heterocycles. The van der Waals surface area contributed by atoms with Gasteiger partial charge < -0.3 is 10.0 Å². The minimum Gasteiger partial charge on any atom is -0.481 e. The molecule has 0 spiro atoms. The predicted octanol–water partition coefficient (Wildman–Crippen LogP) is 1.94. The Balaban J connectivity index is 2.15. The van der Waals surface area contributed by atoms with Crippen molar-refractivity contribution in [2.45, 2.75) is 31.5 Å². The van der Waals surface area contributed by atoms with E-state index < -0.39 is 17.8 Å². The maximum atomic E-state index is 12.4. The van der Waals surface area contributed by atoms with Gasteiger partial charge in [-0.15, -0.1) is 10.2 Å². The molecule has 1 aromatic rings. The van der Waals surface area contributed by atoms with Crippen LogP contribution in [-0.2, 0) is 11.0 Å². The van der Waals surface area contributed by atoms with Gasteiger partial charge in [0.25, 0.3) is 0 Å². The Kier molecular flexibility index (Phi) is 3.59. The molecule has 8 heteroatoms. The maximum Gasteiger partial charge on any atom is 0.435 e. The molecule has 0 radical (unpaired) electrons. The number of carbonyl (C=O) groups is 1. The molecule has 0 amide bonds. The fraction of sp³-hybridized carbons (Fsp3) is 0.545. The van der Waals surface area contributed by atoms with E-state index in [1.54, 1.807) is 4.90 Å². The smallest absolute Gasteiger partial charge is 0.435 e. The van der Waals surface area contributed by atoms with Crippen LogP contribution in [-0.4, -0.2) is 33.9 Å². The Hall–Kier alpha value is -1.86. The first kappa shape index (κ1) is 13.6. The summed E-state index contributed by atoms with van der Waals surface area (Å²) in [6.45, 7) is 0.581. The monoisotopic (exact) mass is 275 g/mol. The minimum absolute atomic E-state index is 0.0529. The molecule has 0 aromatic carbocycles. The zero-order valence-corrected chi connectivity index (χ0v) is 9.89. The second kappa shape index (κ2) is 5.02. The fourth-order valence-corrected chi connectivity index (χ4v) is 2.18. The van der Waals surface area contributed by atoms with Crippen molar-refractivity contribution < 1.29 is 23.1 Å². The molecular formula is C11H12F3N3O2. The first-order valence-electron chi connectivity index (χ1n) is 5.77. The highest BCUT2D eigenvalue weighted by molar-refractivity contribution is 5.68. The number of halogens is 3. The highest BCUT2D eigenvalue weighted by Crippen LogP contribution is 2.29. The summed E-state index contributed by atoms with van der Waals surface area (Å²) in [7, 11) is 0. The van der Waals surface area contributed by atoms with E-state index in [1.165, 1.54) is 6.07 Å². The number of alkyl halides is 3. The first-order chi connectivity index (χ1) is 8.88. The van der Waals surface area contributed by atoms with Crippen LogP contribution in [0.25, 0.3) is 0 Å². The van der Waals surface area contributed by atoms with E-state index in [-0.39, 0.29) is 18.3 Å². The molecule has 1 fully saturated rings. The third kappa shape index (κ3) is 3.12. The number of hydrogen-bond donors (Lipinski definition) is 1. The molecule has 1 N–H and O–H groups in total. The largest absolute Gasteiger partial charge is 0.481 e. The summed E-state index contributed by atoms with van der Waals surface area (Å²) in [6.07, 6.45) is -3.09. The molecule has 1 unspecified atom stereocenters. The van der Waals surface area contributed by atoms with Crippen molar-refractivity contribution >= 4 is 11.8 Å². The number of carboxylic acids is 1. The Morgan fingerprint density at radius 3 is 2.68 bits per heavy atom. The van der Waals surface area contributed by atoms with Crippen LogP contribution >= 0.6 is 0 Å². The van der Waals surface area contributed by atoms with Crippen LogP contribution in [0.3, 0.4) is 0 Å². The van der Waals surface area contributed by atoms with Gasteiger partial charge in [-0.05, 0) is 25.0 Å². The van der Waals surface area contributed by atoms with Gasteiger partial charge in [0.15, 0.2) is 11.5 Å². The predicted molar refractivity (Wildman–Crippen MR) is 59.7 cm³/mol. The summed E-state index contributed by atoms with van der Waals surface area (Å²) < 4.78 is 37.1. The zero-order chi connectivity index (χ0) is 14.0. The quantitative estimate of drug-likeness (QED) is 0.913. The Bertz CT molecular complexity index is 461. The summed E-state index contributed by atoms with van der Waals surface area (Å²) >= 11 is 0. The Morgan fingerprint density at radius 2 is 2.16 bits per heavy atom. The fourth-order valence-electron chi connectivity index (χ4n) is 2.18. The lowest BCUT2D eigenvalue weighted by Gasteiger charge is -2.24. The third-order valence-electron chi connectivity index (χ3n) is 3.02. The van der Waals surface area contributed by atoms with Crippen molar-refractivity contribution in [3.63, 3.8) is 0 Å². The SMILES string of the molecule is O=C(O)CC1CCCN1c1ccc(C(F)(F)F)nn1. The normalized spacial score (nSPS) is 19.7. The van der Waals surface area contributed by atoms with Gasteiger partial charge in [0.05, 0.1) is 6.42 Å². The van der Waals surface area contributed by atoms with E-state index in [0.717, 1.165) is 12.5 Å². The number of anilines is 1. The molecular weight excluding hydrogens is 263 g/mol. The minimum atomic E-state index is -4.52. The summed E-state index contributed by atoms with van der Waals surface area (Å²) in [4.78, 5) is 12.4. The molecule has 19 heavy (non-hydrogen) atoms. The molecule has 0 bridgehead atoms. The molecule has 2 heterocycles. The third-order valence-corrected chi connectivity index (χ3v) is 3.02. The van der Waals surface area contributed by atoms with Crippen LogP contribution in [0.1, 0.15) is 25.0 Å². The Labute approximate surface area is 107 Å². The summed E-state index contributed by atoms with van der Waals surface area (Å²) in [5, 5.41) is 15.5. The molecule has 0 saturated carbocycles. The van der Waals surface area contributed by atoms with E-state index in [9.17, 15) is 18.0 Å². The van der Waals surface area contributed by atoms with Crippen molar-refractivity contribution in [3.8, 4) is 0 Å². The van der Waals surface area contributed by atoms with Crippen LogP contribution < -0.4 is 4.90 Å². The van der Waals surface area contributed by atoms with Gasteiger partial charge in [-0.25, -0.2) is 0 Å². The lowest BCUT2D eigenvalue weighted by atomic mass is 10.1. The van der Waals surface area contributed by atoms with Crippen molar-refractivity contribution in [2.24, 2.45) is 0 Å². The van der Waals surface area contributed by atoms with Crippen molar-refractivity contribution in [2.75, 3.05) is 11.4 Å². The van der Waals surface area contributed by atoms with Crippen molar-refractivity contribution in [1.82, 2.24) is 10.2 Å². The standard InChI is InChI=1S/C11H12F3N3O2/c12-11(13,14)8-3-4-9(16-15-8)17-5-1-2-7(17)6-10(18)19/h3-4,7H,1-2,5-6H2,(H,18,19). The number of carboxylic acid groups (broad SMARTS) is 1.